The summed E-state index contributed by atoms with van der Waals surface area (Å²) in [4.78, 5) is 0. The highest BCUT2D eigenvalue weighted by molar-refractivity contribution is 7.48. The number of alkyl halides is 21. The molecule has 0 aliphatic carbocycles. The van der Waals surface area contributed by atoms with E-state index >= 15 is 0 Å². The van der Waals surface area contributed by atoms with Gasteiger partial charge in [-0.15, -0.1) is 0 Å². The fourth-order valence-corrected chi connectivity index (χ4v) is 3.90. The maximum absolute atomic E-state index is 13.3. The van der Waals surface area contributed by atoms with E-state index in [0.29, 0.717) is 0 Å². The second-order valence-electron chi connectivity index (χ2n) is 8.59. The summed E-state index contributed by atoms with van der Waals surface area (Å²) in [5.41, 5.74) is 0. The van der Waals surface area contributed by atoms with Crippen LogP contribution >= 0.6 is 7.82 Å². The molecule has 4 nitrogen and oxygen atoms in total. The van der Waals surface area contributed by atoms with Crippen molar-refractivity contribution in [1.29, 1.82) is 0 Å². The number of phosphoric acid groups is 1. The van der Waals surface area contributed by atoms with Crippen molar-refractivity contribution >= 4 is 7.82 Å². The van der Waals surface area contributed by atoms with Gasteiger partial charge in [-0.25, -0.2) is 4.57 Å². The van der Waals surface area contributed by atoms with E-state index in [1.54, 1.807) is 0 Å². The lowest BCUT2D eigenvalue weighted by Crippen LogP contribution is -2.51. The van der Waals surface area contributed by atoms with Crippen LogP contribution in [0.2, 0.25) is 0 Å². The van der Waals surface area contributed by atoms with Crippen molar-refractivity contribution in [3.8, 4) is 0 Å². The second kappa shape index (κ2) is 13.8. The molecule has 0 aromatic rings. The predicted octanol–water partition coefficient (Wildman–Crippen LogP) is 9.98. The maximum Gasteiger partial charge on any atom is 0.474 e. The van der Waals surface area contributed by atoms with Gasteiger partial charge >= 0.3 is 61.9 Å². The first-order chi connectivity index (χ1) is 19.1. The molecule has 0 aliphatic rings. The third-order valence-corrected chi connectivity index (χ3v) is 6.60. The summed E-state index contributed by atoms with van der Waals surface area (Å²) in [5, 5.41) is 0. The van der Waals surface area contributed by atoms with Crippen molar-refractivity contribution in [3.05, 3.63) is 0 Å². The van der Waals surface area contributed by atoms with Crippen LogP contribution in [0.15, 0.2) is 0 Å². The van der Waals surface area contributed by atoms with Gasteiger partial charge in [-0.3, -0.25) is 13.6 Å². The molecule has 0 heterocycles. The van der Waals surface area contributed by atoms with E-state index in [0.717, 1.165) is 0 Å². The summed E-state index contributed by atoms with van der Waals surface area (Å²) in [6, 6.07) is 0. The van der Waals surface area contributed by atoms with E-state index in [1.165, 1.54) is 0 Å². The molecule has 0 N–H and O–H groups in total. The van der Waals surface area contributed by atoms with E-state index in [1.807, 2.05) is 0 Å². The molecular formula is C18H18F21O4P. The van der Waals surface area contributed by atoms with E-state index < -0.39 is 120 Å². The third-order valence-electron chi connectivity index (χ3n) is 5.10. The van der Waals surface area contributed by atoms with Gasteiger partial charge in [0.2, 0.25) is 0 Å². The standard InChI is InChI=1S/C18H18F21O4P/c19-10(20,13(25,26)16(31,32)33)4-1-7-41-44(40,42-8-2-5-11(21,22)14(27,28)17(34,35)36)43-9-3-6-12(23,24)15(29,30)18(37,38)39/h1-9H2. The first-order valence-corrected chi connectivity index (χ1v) is 12.6. The monoisotopic (exact) mass is 728 g/mol. The Morgan fingerprint density at radius 1 is 0.364 bits per heavy atom. The van der Waals surface area contributed by atoms with Gasteiger partial charge in [0.05, 0.1) is 19.8 Å². The Hall–Kier alpha value is -1.36. The molecule has 0 radical (unpaired) electrons. The normalized spacial score (nSPS) is 15.7. The zero-order chi connectivity index (χ0) is 35.5. The van der Waals surface area contributed by atoms with Crippen molar-refractivity contribution in [3.63, 3.8) is 0 Å². The SMILES string of the molecule is O=P(OCCCC(F)(F)C(F)(F)C(F)(F)F)(OCCCC(F)(F)C(F)(F)C(F)(F)F)OCCCC(F)(F)C(F)(F)C(F)(F)F. The number of halogens is 21. The van der Waals surface area contributed by atoms with Crippen LogP contribution in [0.4, 0.5) is 92.2 Å². The highest BCUT2D eigenvalue weighted by Gasteiger charge is 2.74. The molecule has 0 fully saturated rings. The van der Waals surface area contributed by atoms with Gasteiger partial charge in [0.25, 0.3) is 0 Å². The van der Waals surface area contributed by atoms with E-state index in [9.17, 15) is 96.8 Å². The maximum atomic E-state index is 13.3. The lowest BCUT2D eigenvalue weighted by atomic mass is 10.1. The molecule has 0 saturated heterocycles. The second-order valence-corrected chi connectivity index (χ2v) is 10.3. The zero-order valence-corrected chi connectivity index (χ0v) is 21.8. The van der Waals surface area contributed by atoms with Crippen LogP contribution in [0.25, 0.3) is 0 Å². The molecule has 0 amide bonds. The number of hydrogen-bond acceptors (Lipinski definition) is 4. The Morgan fingerprint density at radius 3 is 0.705 bits per heavy atom. The molecule has 0 aromatic carbocycles. The predicted molar refractivity (Wildman–Crippen MR) is 101 cm³/mol. The topological polar surface area (TPSA) is 44.8 Å². The Labute approximate surface area is 231 Å². The summed E-state index contributed by atoms with van der Waals surface area (Å²) in [6.07, 6.45) is -32.4. The molecule has 266 valence electrons. The highest BCUT2D eigenvalue weighted by Crippen LogP contribution is 2.53. The van der Waals surface area contributed by atoms with Crippen LogP contribution in [0.1, 0.15) is 38.5 Å². The summed E-state index contributed by atoms with van der Waals surface area (Å²) < 4.78 is 292. The summed E-state index contributed by atoms with van der Waals surface area (Å²) >= 11 is 0. The highest BCUT2D eigenvalue weighted by atomic mass is 31.2. The third kappa shape index (κ3) is 10.1. The Bertz CT molecular complexity index is 837. The van der Waals surface area contributed by atoms with Gasteiger partial charge in [-0.2, -0.15) is 92.2 Å². The van der Waals surface area contributed by atoms with Gasteiger partial charge < -0.3 is 0 Å². The van der Waals surface area contributed by atoms with Gasteiger partial charge in [-0.1, -0.05) is 0 Å². The van der Waals surface area contributed by atoms with Crippen LogP contribution in [-0.4, -0.2) is 73.9 Å². The largest absolute Gasteiger partial charge is 0.474 e. The van der Waals surface area contributed by atoms with Crippen molar-refractivity contribution in [1.82, 2.24) is 0 Å². The molecule has 0 unspecified atom stereocenters. The van der Waals surface area contributed by atoms with Gasteiger partial charge in [-0.05, 0) is 19.3 Å². The van der Waals surface area contributed by atoms with Gasteiger partial charge in [0, 0.05) is 19.3 Å². The van der Waals surface area contributed by atoms with Crippen LogP contribution in [0, 0.1) is 0 Å². The minimum Gasteiger partial charge on any atom is -0.287 e. The van der Waals surface area contributed by atoms with E-state index in [-0.39, 0.29) is 0 Å². The Kier molecular flexibility index (Phi) is 13.4. The molecule has 0 bridgehead atoms. The smallest absolute Gasteiger partial charge is 0.287 e. The molecule has 0 saturated carbocycles. The lowest BCUT2D eigenvalue weighted by Gasteiger charge is -2.29. The number of phosphoric ester groups is 1. The zero-order valence-electron chi connectivity index (χ0n) is 20.9. The van der Waals surface area contributed by atoms with Gasteiger partial charge in [0.1, 0.15) is 0 Å². The fourth-order valence-electron chi connectivity index (χ4n) is 2.62. The molecule has 0 rings (SSSR count). The number of hydrogen-bond donors (Lipinski definition) is 0. The van der Waals surface area contributed by atoms with Crippen LogP contribution in [0.3, 0.4) is 0 Å². The van der Waals surface area contributed by atoms with Crippen LogP contribution in [0.5, 0.6) is 0 Å². The van der Waals surface area contributed by atoms with E-state index in [4.69, 9.17) is 0 Å². The first-order valence-electron chi connectivity index (χ1n) is 11.1. The summed E-state index contributed by atoms with van der Waals surface area (Å²) in [5.74, 6) is -37.5. The fraction of sp³-hybridized carbons (Fsp3) is 1.00. The van der Waals surface area contributed by atoms with Crippen molar-refractivity contribution in [2.75, 3.05) is 19.8 Å². The number of rotatable bonds is 18. The summed E-state index contributed by atoms with van der Waals surface area (Å²) in [6.45, 7) is -4.94. The minimum atomic E-state index is -6.78. The molecule has 0 aromatic heterocycles. The van der Waals surface area contributed by atoms with Crippen molar-refractivity contribution < 1.29 is 110 Å². The quantitative estimate of drug-likeness (QED) is 0.0801. The van der Waals surface area contributed by atoms with Crippen LogP contribution in [-0.2, 0) is 18.1 Å². The summed E-state index contributed by atoms with van der Waals surface area (Å²) in [7, 11) is -5.65. The van der Waals surface area contributed by atoms with Crippen LogP contribution < -0.4 is 0 Å². The molecule has 0 spiro atoms. The lowest BCUT2D eigenvalue weighted by molar-refractivity contribution is -0.356. The molecule has 0 atom stereocenters. The van der Waals surface area contributed by atoms with E-state index in [2.05, 4.69) is 13.6 Å². The molecule has 26 heteroatoms. The average molecular weight is 728 g/mol. The first kappa shape index (κ1) is 42.6. The van der Waals surface area contributed by atoms with Crippen molar-refractivity contribution in [2.24, 2.45) is 0 Å². The molecule has 44 heavy (non-hydrogen) atoms. The minimum absolute atomic E-state index is 1.61. The Balaban J connectivity index is 5.52. The Morgan fingerprint density at radius 2 is 0.545 bits per heavy atom. The van der Waals surface area contributed by atoms with Crippen molar-refractivity contribution in [2.45, 2.75) is 92.6 Å². The molecule has 0 aliphatic heterocycles. The van der Waals surface area contributed by atoms with Gasteiger partial charge in [0.15, 0.2) is 0 Å². The molecular weight excluding hydrogens is 710 g/mol. The average Bonchev–Trinajstić information content (AvgIpc) is 2.80.